The van der Waals surface area contributed by atoms with Gasteiger partial charge in [0.25, 0.3) is 5.91 Å². The number of nitrogens with one attached hydrogen (secondary N) is 1. The average molecular weight is 263 g/mol. The lowest BCUT2D eigenvalue weighted by Crippen LogP contribution is -2.34. The van der Waals surface area contributed by atoms with E-state index >= 15 is 0 Å². The van der Waals surface area contributed by atoms with Gasteiger partial charge in [0.05, 0.1) is 4.47 Å². The first kappa shape index (κ1) is 10.9. The third-order valence-corrected chi connectivity index (χ3v) is 2.07. The first-order valence-electron chi connectivity index (χ1n) is 3.71. The lowest BCUT2D eigenvalue weighted by atomic mass is 10.3. The van der Waals surface area contributed by atoms with E-state index in [4.69, 9.17) is 10.6 Å². The summed E-state index contributed by atoms with van der Waals surface area (Å²) in [6, 6.07) is 4.20. The molecule has 0 spiro atoms. The molecular weight excluding hydrogens is 255 g/mol. The minimum Gasteiger partial charge on any atom is -0.484 e. The molecule has 1 aromatic carbocycles. The molecule has 0 saturated carbocycles. The second kappa shape index (κ2) is 4.92. The van der Waals surface area contributed by atoms with E-state index in [2.05, 4.69) is 15.9 Å². The molecule has 0 bridgehead atoms. The molecule has 1 aromatic rings. The van der Waals surface area contributed by atoms with Gasteiger partial charge in [-0.2, -0.15) is 0 Å². The highest BCUT2D eigenvalue weighted by atomic mass is 79.9. The molecule has 3 N–H and O–H groups in total. The number of carbonyl (C=O) groups excluding carboxylic acids is 1. The van der Waals surface area contributed by atoms with Crippen molar-refractivity contribution in [1.29, 1.82) is 0 Å². The SMILES string of the molecule is NNC(=O)COc1ccc(Br)c(F)c1. The van der Waals surface area contributed by atoms with Crippen LogP contribution in [-0.2, 0) is 4.79 Å². The summed E-state index contributed by atoms with van der Waals surface area (Å²) in [5, 5.41) is 0. The zero-order valence-corrected chi connectivity index (χ0v) is 8.67. The third-order valence-electron chi connectivity index (χ3n) is 1.42. The van der Waals surface area contributed by atoms with Gasteiger partial charge in [-0.1, -0.05) is 0 Å². The van der Waals surface area contributed by atoms with E-state index in [9.17, 15) is 9.18 Å². The van der Waals surface area contributed by atoms with Gasteiger partial charge < -0.3 is 4.74 Å². The molecule has 0 atom stereocenters. The Labute approximate surface area is 88.3 Å². The topological polar surface area (TPSA) is 64.3 Å². The van der Waals surface area contributed by atoms with Crippen LogP contribution in [0.2, 0.25) is 0 Å². The van der Waals surface area contributed by atoms with Crippen LogP contribution in [0.15, 0.2) is 22.7 Å². The molecule has 0 heterocycles. The van der Waals surface area contributed by atoms with Crippen molar-refractivity contribution >= 4 is 21.8 Å². The van der Waals surface area contributed by atoms with Gasteiger partial charge in [-0.15, -0.1) is 0 Å². The van der Waals surface area contributed by atoms with E-state index in [1.807, 2.05) is 5.43 Å². The van der Waals surface area contributed by atoms with Gasteiger partial charge in [0.1, 0.15) is 11.6 Å². The van der Waals surface area contributed by atoms with Crippen LogP contribution in [0.1, 0.15) is 0 Å². The Kier molecular flexibility index (Phi) is 3.84. The van der Waals surface area contributed by atoms with E-state index in [0.29, 0.717) is 4.47 Å². The summed E-state index contributed by atoms with van der Waals surface area (Å²) in [6.07, 6.45) is 0. The van der Waals surface area contributed by atoms with Crippen molar-refractivity contribution in [3.8, 4) is 5.75 Å². The fraction of sp³-hybridized carbons (Fsp3) is 0.125. The molecule has 0 aromatic heterocycles. The number of hydrogen-bond acceptors (Lipinski definition) is 3. The quantitative estimate of drug-likeness (QED) is 0.485. The van der Waals surface area contributed by atoms with Crippen LogP contribution in [0, 0.1) is 5.82 Å². The van der Waals surface area contributed by atoms with Crippen LogP contribution in [0.5, 0.6) is 5.75 Å². The predicted octanol–water partition coefficient (Wildman–Crippen LogP) is 0.957. The Morgan fingerprint density at radius 2 is 2.36 bits per heavy atom. The molecule has 4 nitrogen and oxygen atoms in total. The Morgan fingerprint density at radius 1 is 1.64 bits per heavy atom. The highest BCUT2D eigenvalue weighted by Gasteiger charge is 2.03. The smallest absolute Gasteiger partial charge is 0.271 e. The Hall–Kier alpha value is -1.14. The number of halogens is 2. The number of hydrogen-bond donors (Lipinski definition) is 2. The van der Waals surface area contributed by atoms with Crippen molar-refractivity contribution in [3.05, 3.63) is 28.5 Å². The van der Waals surface area contributed by atoms with Gasteiger partial charge in [0.15, 0.2) is 6.61 Å². The minimum absolute atomic E-state index is 0.239. The third kappa shape index (κ3) is 2.97. The lowest BCUT2D eigenvalue weighted by molar-refractivity contribution is -0.123. The van der Waals surface area contributed by atoms with E-state index < -0.39 is 11.7 Å². The number of rotatable bonds is 3. The number of hydrazine groups is 1. The van der Waals surface area contributed by atoms with E-state index in [1.54, 1.807) is 0 Å². The number of nitrogens with two attached hydrogens (primary N) is 1. The Morgan fingerprint density at radius 3 is 2.93 bits per heavy atom. The average Bonchev–Trinajstić information content (AvgIpc) is 2.19. The molecule has 76 valence electrons. The van der Waals surface area contributed by atoms with Crippen LogP contribution in [0.4, 0.5) is 4.39 Å². The zero-order valence-electron chi connectivity index (χ0n) is 7.09. The number of benzene rings is 1. The molecule has 1 amide bonds. The summed E-state index contributed by atoms with van der Waals surface area (Å²) < 4.78 is 18.2. The van der Waals surface area contributed by atoms with Gasteiger partial charge in [0.2, 0.25) is 0 Å². The lowest BCUT2D eigenvalue weighted by Gasteiger charge is -2.05. The highest BCUT2D eigenvalue weighted by Crippen LogP contribution is 2.20. The highest BCUT2D eigenvalue weighted by molar-refractivity contribution is 9.10. The molecule has 1 rings (SSSR count). The van der Waals surface area contributed by atoms with Crippen LogP contribution in [-0.4, -0.2) is 12.5 Å². The molecule has 0 saturated heterocycles. The molecule has 0 unspecified atom stereocenters. The van der Waals surface area contributed by atoms with Crippen LogP contribution >= 0.6 is 15.9 Å². The first-order chi connectivity index (χ1) is 6.63. The van der Waals surface area contributed by atoms with Gasteiger partial charge in [-0.25, -0.2) is 10.2 Å². The monoisotopic (exact) mass is 262 g/mol. The van der Waals surface area contributed by atoms with Gasteiger partial charge >= 0.3 is 0 Å². The fourth-order valence-electron chi connectivity index (χ4n) is 0.757. The van der Waals surface area contributed by atoms with Crippen LogP contribution < -0.4 is 16.0 Å². The van der Waals surface area contributed by atoms with Crippen molar-refractivity contribution in [3.63, 3.8) is 0 Å². The predicted molar refractivity (Wildman–Crippen MR) is 51.9 cm³/mol. The summed E-state index contributed by atoms with van der Waals surface area (Å²) in [5.41, 5.74) is 1.89. The number of carbonyl (C=O) groups is 1. The first-order valence-corrected chi connectivity index (χ1v) is 4.50. The normalized spacial score (nSPS) is 9.64. The van der Waals surface area contributed by atoms with Crippen molar-refractivity contribution < 1.29 is 13.9 Å². The van der Waals surface area contributed by atoms with Crippen LogP contribution in [0.25, 0.3) is 0 Å². The summed E-state index contributed by atoms with van der Waals surface area (Å²) in [4.78, 5) is 10.7. The standard InChI is InChI=1S/C8H8BrFN2O2/c9-6-2-1-5(3-7(6)10)14-4-8(13)12-11/h1-3H,4,11H2,(H,12,13). The van der Waals surface area contributed by atoms with Crippen molar-refractivity contribution in [2.24, 2.45) is 5.84 Å². The molecule has 14 heavy (non-hydrogen) atoms. The molecule has 0 fully saturated rings. The summed E-state index contributed by atoms with van der Waals surface area (Å²) >= 11 is 2.99. The van der Waals surface area contributed by atoms with E-state index in [-0.39, 0.29) is 12.4 Å². The fourth-order valence-corrected chi connectivity index (χ4v) is 1.00. The maximum Gasteiger partial charge on any atom is 0.271 e. The van der Waals surface area contributed by atoms with Crippen molar-refractivity contribution in [2.75, 3.05) is 6.61 Å². The zero-order chi connectivity index (χ0) is 10.6. The van der Waals surface area contributed by atoms with Crippen molar-refractivity contribution in [2.45, 2.75) is 0 Å². The van der Waals surface area contributed by atoms with Gasteiger partial charge in [-0.3, -0.25) is 10.2 Å². The van der Waals surface area contributed by atoms with Crippen molar-refractivity contribution in [1.82, 2.24) is 5.43 Å². The second-order valence-corrected chi connectivity index (χ2v) is 3.29. The summed E-state index contributed by atoms with van der Waals surface area (Å²) in [5.74, 6) is 4.17. The van der Waals surface area contributed by atoms with Crippen LogP contribution in [0.3, 0.4) is 0 Å². The molecular formula is C8H8BrFN2O2. The Balaban J connectivity index is 2.60. The summed E-state index contributed by atoms with van der Waals surface area (Å²) in [7, 11) is 0. The molecule has 0 aliphatic rings. The maximum absolute atomic E-state index is 12.9. The summed E-state index contributed by atoms with van der Waals surface area (Å²) in [6.45, 7) is -0.239. The molecule has 0 aliphatic carbocycles. The van der Waals surface area contributed by atoms with E-state index in [0.717, 1.165) is 0 Å². The maximum atomic E-state index is 12.9. The van der Waals surface area contributed by atoms with Gasteiger partial charge in [0, 0.05) is 6.07 Å². The second-order valence-electron chi connectivity index (χ2n) is 2.43. The molecule has 0 aliphatic heterocycles. The largest absolute Gasteiger partial charge is 0.484 e. The Bertz CT molecular complexity index is 346. The van der Waals surface area contributed by atoms with E-state index in [1.165, 1.54) is 18.2 Å². The molecule has 0 radical (unpaired) electrons. The molecule has 6 heteroatoms. The van der Waals surface area contributed by atoms with Gasteiger partial charge in [-0.05, 0) is 28.1 Å². The minimum atomic E-state index is -0.478. The number of ether oxygens (including phenoxy) is 1. The number of amides is 1.